The van der Waals surface area contributed by atoms with E-state index in [4.69, 9.17) is 16.3 Å². The maximum Gasteiger partial charge on any atom is 0.153 e. The van der Waals surface area contributed by atoms with Gasteiger partial charge in [-0.2, -0.15) is 0 Å². The molecule has 3 nitrogen and oxygen atoms in total. The second-order valence-electron chi connectivity index (χ2n) is 3.91. The number of benzene rings is 1. The van der Waals surface area contributed by atoms with E-state index in [0.717, 1.165) is 27.6 Å². The summed E-state index contributed by atoms with van der Waals surface area (Å²) in [6.07, 6.45) is 1.73. The van der Waals surface area contributed by atoms with Crippen LogP contribution in [0.1, 0.15) is 0 Å². The second kappa shape index (κ2) is 3.64. The fraction of sp³-hybridized carbons (Fsp3) is 0.154. The summed E-state index contributed by atoms with van der Waals surface area (Å²) in [7, 11) is 3.65. The molecule has 2 aromatic heterocycles. The van der Waals surface area contributed by atoms with Crippen LogP contribution in [0.2, 0.25) is 5.15 Å². The Morgan fingerprint density at radius 2 is 1.94 bits per heavy atom. The van der Waals surface area contributed by atoms with Gasteiger partial charge in [-0.1, -0.05) is 23.7 Å². The van der Waals surface area contributed by atoms with Gasteiger partial charge in [-0.3, -0.25) is 0 Å². The molecule has 0 unspecified atom stereocenters. The molecular formula is C13H11ClN2O. The molecule has 0 saturated heterocycles. The first-order valence-corrected chi connectivity index (χ1v) is 5.67. The number of aromatic nitrogens is 2. The Labute approximate surface area is 104 Å². The van der Waals surface area contributed by atoms with Gasteiger partial charge < -0.3 is 9.30 Å². The molecular weight excluding hydrogens is 236 g/mol. The largest absolute Gasteiger partial charge is 0.495 e. The third-order valence-electron chi connectivity index (χ3n) is 3.06. The fourth-order valence-electron chi connectivity index (χ4n) is 2.33. The molecule has 0 fully saturated rings. The fourth-order valence-corrected chi connectivity index (χ4v) is 2.61. The van der Waals surface area contributed by atoms with Crippen molar-refractivity contribution in [2.45, 2.75) is 0 Å². The Hall–Kier alpha value is -1.74. The second-order valence-corrected chi connectivity index (χ2v) is 4.27. The van der Waals surface area contributed by atoms with Crippen LogP contribution in [0.4, 0.5) is 0 Å². The van der Waals surface area contributed by atoms with E-state index < -0.39 is 0 Å². The van der Waals surface area contributed by atoms with E-state index in [9.17, 15) is 0 Å². The number of methoxy groups -OCH3 is 1. The number of aryl methyl sites for hydroxylation is 1. The van der Waals surface area contributed by atoms with Crippen molar-refractivity contribution in [1.29, 1.82) is 0 Å². The van der Waals surface area contributed by atoms with Crippen LogP contribution in [0, 0.1) is 0 Å². The monoisotopic (exact) mass is 246 g/mol. The Balaban J connectivity index is 2.63. The molecule has 0 aliphatic rings. The number of hydrogen-bond donors (Lipinski definition) is 0. The number of halogens is 1. The summed E-state index contributed by atoms with van der Waals surface area (Å²) in [5, 5.41) is 2.75. The highest BCUT2D eigenvalue weighted by atomic mass is 35.5. The summed E-state index contributed by atoms with van der Waals surface area (Å²) in [5.74, 6) is 0.845. The smallest absolute Gasteiger partial charge is 0.153 e. The van der Waals surface area contributed by atoms with Crippen LogP contribution in [0.3, 0.4) is 0 Å². The highest BCUT2D eigenvalue weighted by Crippen LogP contribution is 2.35. The maximum atomic E-state index is 6.16. The average Bonchev–Trinajstić information content (AvgIpc) is 2.65. The number of ether oxygens (including phenoxy) is 1. The van der Waals surface area contributed by atoms with Crippen LogP contribution in [0.5, 0.6) is 5.75 Å². The van der Waals surface area contributed by atoms with Gasteiger partial charge in [-0.15, -0.1) is 0 Å². The third-order valence-corrected chi connectivity index (χ3v) is 3.34. The van der Waals surface area contributed by atoms with Gasteiger partial charge in [-0.05, 0) is 12.1 Å². The van der Waals surface area contributed by atoms with Crippen LogP contribution in [-0.2, 0) is 7.05 Å². The molecule has 0 bridgehead atoms. The third kappa shape index (κ3) is 1.32. The number of nitrogens with zero attached hydrogens (tertiary/aromatic N) is 2. The molecule has 3 rings (SSSR count). The molecule has 4 heteroatoms. The van der Waals surface area contributed by atoms with Crippen molar-refractivity contribution in [2.24, 2.45) is 7.05 Å². The minimum atomic E-state index is 0.517. The minimum absolute atomic E-state index is 0.517. The molecule has 1 aromatic carbocycles. The van der Waals surface area contributed by atoms with E-state index in [0.29, 0.717) is 5.15 Å². The summed E-state index contributed by atoms with van der Waals surface area (Å²) in [4.78, 5) is 4.12. The molecule has 2 heterocycles. The molecule has 0 saturated carbocycles. The van der Waals surface area contributed by atoms with Gasteiger partial charge >= 0.3 is 0 Å². The first-order valence-electron chi connectivity index (χ1n) is 5.29. The maximum absolute atomic E-state index is 6.16. The molecule has 0 radical (unpaired) electrons. The zero-order valence-electron chi connectivity index (χ0n) is 9.57. The van der Waals surface area contributed by atoms with Crippen LogP contribution in [0.25, 0.3) is 21.8 Å². The van der Waals surface area contributed by atoms with Crippen molar-refractivity contribution in [3.05, 3.63) is 35.6 Å². The van der Waals surface area contributed by atoms with Gasteiger partial charge in [0.2, 0.25) is 0 Å². The van der Waals surface area contributed by atoms with Gasteiger partial charge in [0.15, 0.2) is 5.15 Å². The van der Waals surface area contributed by atoms with Crippen molar-refractivity contribution >= 4 is 33.4 Å². The van der Waals surface area contributed by atoms with Gasteiger partial charge in [0.1, 0.15) is 5.75 Å². The predicted molar refractivity (Wildman–Crippen MR) is 69.8 cm³/mol. The summed E-state index contributed by atoms with van der Waals surface area (Å²) >= 11 is 6.16. The Kier molecular flexibility index (Phi) is 2.23. The number of para-hydroxylation sites is 1. The molecule has 17 heavy (non-hydrogen) atoms. The highest BCUT2D eigenvalue weighted by molar-refractivity contribution is 6.35. The van der Waals surface area contributed by atoms with E-state index >= 15 is 0 Å². The van der Waals surface area contributed by atoms with Gasteiger partial charge in [0.25, 0.3) is 0 Å². The minimum Gasteiger partial charge on any atom is -0.495 e. The zero-order chi connectivity index (χ0) is 12.0. The standard InChI is InChI=1S/C13H11ClN2O/c1-16-11-8(4-3-5-10(11)17-2)9-6-7-15-13(14)12(9)16/h3-7H,1-2H3. The molecule has 0 aliphatic heterocycles. The van der Waals surface area contributed by atoms with Crippen molar-refractivity contribution < 1.29 is 4.74 Å². The van der Waals surface area contributed by atoms with Gasteiger partial charge in [0.05, 0.1) is 18.1 Å². The number of pyridine rings is 1. The van der Waals surface area contributed by atoms with Crippen molar-refractivity contribution in [3.63, 3.8) is 0 Å². The van der Waals surface area contributed by atoms with E-state index in [-0.39, 0.29) is 0 Å². The van der Waals surface area contributed by atoms with E-state index in [2.05, 4.69) is 11.1 Å². The Morgan fingerprint density at radius 1 is 1.18 bits per heavy atom. The van der Waals surface area contributed by atoms with Crippen molar-refractivity contribution in [3.8, 4) is 5.75 Å². The van der Waals surface area contributed by atoms with Crippen molar-refractivity contribution in [2.75, 3.05) is 7.11 Å². The van der Waals surface area contributed by atoms with Gasteiger partial charge in [0, 0.05) is 24.0 Å². The zero-order valence-corrected chi connectivity index (χ0v) is 10.3. The lowest BCUT2D eigenvalue weighted by Gasteiger charge is -2.04. The Morgan fingerprint density at radius 3 is 2.71 bits per heavy atom. The van der Waals surface area contributed by atoms with E-state index in [1.807, 2.05) is 29.8 Å². The molecule has 3 aromatic rings. The summed E-state index contributed by atoms with van der Waals surface area (Å²) in [5.41, 5.74) is 1.98. The van der Waals surface area contributed by atoms with E-state index in [1.54, 1.807) is 13.3 Å². The van der Waals surface area contributed by atoms with Crippen LogP contribution < -0.4 is 4.74 Å². The van der Waals surface area contributed by atoms with E-state index in [1.165, 1.54) is 0 Å². The lowest BCUT2D eigenvalue weighted by atomic mass is 10.2. The molecule has 0 aliphatic carbocycles. The number of fused-ring (bicyclic) bond motifs is 3. The first-order chi connectivity index (χ1) is 8.24. The normalized spacial score (nSPS) is 11.2. The topological polar surface area (TPSA) is 27.1 Å². The number of rotatable bonds is 1. The lowest BCUT2D eigenvalue weighted by Crippen LogP contribution is -1.92. The summed E-state index contributed by atoms with van der Waals surface area (Å²) in [6, 6.07) is 7.97. The summed E-state index contributed by atoms with van der Waals surface area (Å²) in [6.45, 7) is 0. The predicted octanol–water partition coefficient (Wildman–Crippen LogP) is 3.39. The lowest BCUT2D eigenvalue weighted by molar-refractivity contribution is 0.418. The Bertz CT molecular complexity index is 718. The van der Waals surface area contributed by atoms with Crippen LogP contribution in [-0.4, -0.2) is 16.7 Å². The molecule has 0 atom stereocenters. The van der Waals surface area contributed by atoms with Crippen LogP contribution in [0.15, 0.2) is 30.5 Å². The van der Waals surface area contributed by atoms with Gasteiger partial charge in [-0.25, -0.2) is 4.98 Å². The number of hydrogen-bond acceptors (Lipinski definition) is 2. The van der Waals surface area contributed by atoms with Crippen molar-refractivity contribution in [1.82, 2.24) is 9.55 Å². The average molecular weight is 247 g/mol. The SMILES string of the molecule is COc1cccc2c3ccnc(Cl)c3n(C)c12. The van der Waals surface area contributed by atoms with Crippen LogP contribution >= 0.6 is 11.6 Å². The molecule has 0 spiro atoms. The molecule has 86 valence electrons. The molecule has 0 N–H and O–H groups in total. The molecule has 0 amide bonds. The highest BCUT2D eigenvalue weighted by Gasteiger charge is 2.14. The first kappa shape index (κ1) is 10.4. The summed E-state index contributed by atoms with van der Waals surface area (Å²) < 4.78 is 7.42. The quantitative estimate of drug-likeness (QED) is 0.616.